The van der Waals surface area contributed by atoms with Crippen molar-refractivity contribution in [3.63, 3.8) is 0 Å². The molecule has 3 aromatic rings. The normalized spacial score (nSPS) is 19.4. The number of benzene rings is 2. The van der Waals surface area contributed by atoms with Crippen LogP contribution in [0.1, 0.15) is 73.7 Å². The van der Waals surface area contributed by atoms with Gasteiger partial charge >= 0.3 is 0 Å². The van der Waals surface area contributed by atoms with Crippen molar-refractivity contribution in [1.29, 1.82) is 0 Å². The second kappa shape index (κ2) is 8.24. The number of carbonyl (C=O) groups is 3. The highest BCUT2D eigenvalue weighted by atomic mass is 32.1. The number of aromatic nitrogens is 1. The Balaban J connectivity index is 1.44. The first-order valence-corrected chi connectivity index (χ1v) is 12.8. The number of allylic oxidation sites excluding steroid dienone is 4. The molecule has 5 nitrogen and oxygen atoms in total. The summed E-state index contributed by atoms with van der Waals surface area (Å²) in [6, 6.07) is 12.9. The number of carbonyl (C=O) groups excluding carboxylic acids is 3. The van der Waals surface area contributed by atoms with Crippen LogP contribution >= 0.6 is 11.3 Å². The summed E-state index contributed by atoms with van der Waals surface area (Å²) in [4.78, 5) is 45.3. The quantitative estimate of drug-likeness (QED) is 0.265. The van der Waals surface area contributed by atoms with Gasteiger partial charge in [-0.2, -0.15) is 0 Å². The maximum atomic E-state index is 13.1. The SMILES string of the molecule is CN1/C(=C/C=C2C(=O)c3ccccc3C2=O)C2(CCCCC2)c2cc(C(=O)c3nccs3)ccc21. The van der Waals surface area contributed by atoms with Crippen LogP contribution in [0.3, 0.4) is 0 Å². The first kappa shape index (κ1) is 21.9. The topological polar surface area (TPSA) is 67.3 Å². The lowest BCUT2D eigenvalue weighted by Crippen LogP contribution is -2.32. The van der Waals surface area contributed by atoms with Crippen molar-refractivity contribution in [2.75, 3.05) is 11.9 Å². The Bertz CT molecular complexity index is 1410. The average Bonchev–Trinajstić information content (AvgIpc) is 3.57. The van der Waals surface area contributed by atoms with Gasteiger partial charge in [0.1, 0.15) is 0 Å². The maximum Gasteiger partial charge on any atom is 0.221 e. The minimum Gasteiger partial charge on any atom is -0.347 e. The molecular weight excluding hydrogens is 456 g/mol. The standard InChI is InChI=1S/C29H24N2O3S/c1-31-23-11-9-18(25(32)28-30-15-16-35-28)17-22(23)29(13-5-2-6-14-29)24(31)12-10-21-26(33)19-7-3-4-8-20(19)27(21)34/h3-4,7-12,15-17H,2,5-6,13-14H2,1H3/b24-12+. The van der Waals surface area contributed by atoms with Crippen molar-refractivity contribution in [2.45, 2.75) is 37.5 Å². The lowest BCUT2D eigenvalue weighted by Gasteiger charge is -2.36. The van der Waals surface area contributed by atoms with Gasteiger partial charge in [0.25, 0.3) is 0 Å². The van der Waals surface area contributed by atoms with Crippen molar-refractivity contribution in [2.24, 2.45) is 0 Å². The Kier molecular flexibility index (Phi) is 5.15. The predicted molar refractivity (Wildman–Crippen MR) is 136 cm³/mol. The van der Waals surface area contributed by atoms with Crippen LogP contribution in [0.25, 0.3) is 0 Å². The van der Waals surface area contributed by atoms with Gasteiger partial charge < -0.3 is 4.90 Å². The van der Waals surface area contributed by atoms with E-state index in [2.05, 4.69) is 9.88 Å². The lowest BCUT2D eigenvalue weighted by molar-refractivity contribution is 0.0986. The van der Waals surface area contributed by atoms with Crippen molar-refractivity contribution < 1.29 is 14.4 Å². The molecular formula is C29H24N2O3S. The molecule has 0 saturated heterocycles. The largest absolute Gasteiger partial charge is 0.347 e. The van der Waals surface area contributed by atoms with Gasteiger partial charge in [-0.1, -0.05) is 43.5 Å². The zero-order chi connectivity index (χ0) is 24.2. The van der Waals surface area contributed by atoms with E-state index in [1.165, 1.54) is 17.8 Å². The van der Waals surface area contributed by atoms with Gasteiger partial charge in [0.15, 0.2) is 16.6 Å². The molecule has 35 heavy (non-hydrogen) atoms. The second-order valence-electron chi connectivity index (χ2n) is 9.44. The molecule has 2 aliphatic carbocycles. The van der Waals surface area contributed by atoms with Gasteiger partial charge in [0.05, 0.1) is 5.57 Å². The van der Waals surface area contributed by atoms with E-state index >= 15 is 0 Å². The number of likely N-dealkylation sites (N-methyl/N-ethyl adjacent to an activating group) is 1. The van der Waals surface area contributed by atoms with Gasteiger partial charge in [-0.3, -0.25) is 14.4 Å². The van der Waals surface area contributed by atoms with Gasteiger partial charge in [-0.15, -0.1) is 11.3 Å². The van der Waals surface area contributed by atoms with E-state index in [9.17, 15) is 14.4 Å². The summed E-state index contributed by atoms with van der Waals surface area (Å²) in [7, 11) is 2.03. The van der Waals surface area contributed by atoms with E-state index in [1.54, 1.807) is 36.5 Å². The molecule has 1 aliphatic heterocycles. The molecule has 2 heterocycles. The van der Waals surface area contributed by atoms with E-state index in [1.807, 2.05) is 36.7 Å². The predicted octanol–water partition coefficient (Wildman–Crippen LogP) is 5.92. The molecule has 1 fully saturated rings. The van der Waals surface area contributed by atoms with E-state index < -0.39 is 0 Å². The number of thiazole rings is 1. The number of ketones is 3. The second-order valence-corrected chi connectivity index (χ2v) is 10.3. The molecule has 2 aromatic carbocycles. The Morgan fingerprint density at radius 2 is 1.71 bits per heavy atom. The monoisotopic (exact) mass is 480 g/mol. The number of hydrogen-bond donors (Lipinski definition) is 0. The maximum absolute atomic E-state index is 13.1. The number of anilines is 1. The van der Waals surface area contributed by atoms with E-state index in [0.29, 0.717) is 21.7 Å². The summed E-state index contributed by atoms with van der Waals surface area (Å²) in [5, 5.41) is 2.31. The fourth-order valence-corrected chi connectivity index (χ4v) is 6.54. The first-order chi connectivity index (χ1) is 17.0. The third-order valence-electron chi connectivity index (χ3n) is 7.63. The Morgan fingerprint density at radius 1 is 1.00 bits per heavy atom. The molecule has 1 aromatic heterocycles. The third-order valence-corrected chi connectivity index (χ3v) is 8.41. The molecule has 0 unspecified atom stereocenters. The van der Waals surface area contributed by atoms with E-state index in [-0.39, 0.29) is 28.3 Å². The molecule has 6 rings (SSSR count). The Hall–Kier alpha value is -3.64. The van der Waals surface area contributed by atoms with Crippen LogP contribution < -0.4 is 4.90 Å². The Morgan fingerprint density at radius 3 is 2.37 bits per heavy atom. The molecule has 0 N–H and O–H groups in total. The highest BCUT2D eigenvalue weighted by molar-refractivity contribution is 7.11. The minimum atomic E-state index is -0.240. The molecule has 0 radical (unpaired) electrons. The van der Waals surface area contributed by atoms with E-state index in [4.69, 9.17) is 0 Å². The summed E-state index contributed by atoms with van der Waals surface area (Å²) in [5.74, 6) is -0.486. The molecule has 3 aliphatic rings. The van der Waals surface area contributed by atoms with Crippen LogP contribution in [0.4, 0.5) is 5.69 Å². The number of nitrogens with zero attached hydrogens (tertiary/aromatic N) is 2. The molecule has 0 amide bonds. The van der Waals surface area contributed by atoms with Crippen LogP contribution in [0, 0.1) is 0 Å². The highest BCUT2D eigenvalue weighted by Gasteiger charge is 2.46. The van der Waals surface area contributed by atoms with E-state index in [0.717, 1.165) is 42.6 Å². The zero-order valence-electron chi connectivity index (χ0n) is 19.4. The molecule has 1 saturated carbocycles. The van der Waals surface area contributed by atoms with Gasteiger partial charge in [0, 0.05) is 52.1 Å². The summed E-state index contributed by atoms with van der Waals surface area (Å²) < 4.78 is 0. The molecule has 0 bridgehead atoms. The zero-order valence-corrected chi connectivity index (χ0v) is 20.2. The minimum absolute atomic E-state index is 0.0594. The fourth-order valence-electron chi connectivity index (χ4n) is 5.94. The number of rotatable bonds is 3. The highest BCUT2D eigenvalue weighted by Crippen LogP contribution is 2.55. The fraction of sp³-hybridized carbons (Fsp3) is 0.241. The smallest absolute Gasteiger partial charge is 0.221 e. The molecule has 1 spiro atoms. The summed E-state index contributed by atoms with van der Waals surface area (Å²) in [6.07, 6.45) is 10.6. The van der Waals surface area contributed by atoms with Crippen LogP contribution in [-0.4, -0.2) is 29.4 Å². The average molecular weight is 481 g/mol. The van der Waals surface area contributed by atoms with Crippen LogP contribution in [-0.2, 0) is 5.41 Å². The van der Waals surface area contributed by atoms with Crippen molar-refractivity contribution in [3.05, 3.63) is 105 Å². The first-order valence-electron chi connectivity index (χ1n) is 11.9. The number of fused-ring (bicyclic) bond motifs is 3. The number of Topliss-reactive ketones (excluding diaryl/α,β-unsaturated/α-hetero) is 2. The summed E-state index contributed by atoms with van der Waals surface area (Å²) >= 11 is 1.35. The van der Waals surface area contributed by atoms with Crippen LogP contribution in [0.5, 0.6) is 0 Å². The van der Waals surface area contributed by atoms with Crippen molar-refractivity contribution >= 4 is 34.4 Å². The van der Waals surface area contributed by atoms with Gasteiger partial charge in [-0.25, -0.2) is 4.98 Å². The van der Waals surface area contributed by atoms with Gasteiger partial charge in [-0.05, 0) is 48.8 Å². The lowest BCUT2D eigenvalue weighted by atomic mass is 9.68. The Labute approximate surface area is 207 Å². The summed E-state index contributed by atoms with van der Waals surface area (Å²) in [5.41, 5.74) is 4.87. The summed E-state index contributed by atoms with van der Waals surface area (Å²) in [6.45, 7) is 0. The van der Waals surface area contributed by atoms with Crippen LogP contribution in [0.15, 0.2) is 77.5 Å². The molecule has 174 valence electrons. The van der Waals surface area contributed by atoms with Crippen LogP contribution in [0.2, 0.25) is 0 Å². The molecule has 6 heteroatoms. The third kappa shape index (κ3) is 3.27. The van der Waals surface area contributed by atoms with Crippen molar-refractivity contribution in [3.8, 4) is 0 Å². The molecule has 0 atom stereocenters. The van der Waals surface area contributed by atoms with Crippen molar-refractivity contribution in [1.82, 2.24) is 4.98 Å². The van der Waals surface area contributed by atoms with Gasteiger partial charge in [0.2, 0.25) is 5.78 Å². The number of hydrogen-bond acceptors (Lipinski definition) is 6.